The van der Waals surface area contributed by atoms with Crippen molar-refractivity contribution in [2.45, 2.75) is 0 Å². The van der Waals surface area contributed by atoms with Crippen LogP contribution in [0.4, 0.5) is 5.69 Å². The Balaban J connectivity index is 1.99. The van der Waals surface area contributed by atoms with E-state index in [4.69, 9.17) is 0 Å². The lowest BCUT2D eigenvalue weighted by molar-refractivity contribution is -0.506. The quantitative estimate of drug-likeness (QED) is 0.409. The van der Waals surface area contributed by atoms with Gasteiger partial charge in [-0.1, -0.05) is 23.5 Å². The molecule has 1 aromatic carbocycles. The fraction of sp³-hybridized carbons (Fsp3) is 0.125. The molecule has 0 atom stereocenters. The molecule has 2 aromatic heterocycles. The van der Waals surface area contributed by atoms with E-state index < -0.39 is 0 Å². The van der Waals surface area contributed by atoms with Crippen LogP contribution in [0.1, 0.15) is 0 Å². The average molecular weight is 282 g/mol. The van der Waals surface area contributed by atoms with Crippen LogP contribution >= 0.6 is 11.3 Å². The number of aromatic nitrogens is 1. The van der Waals surface area contributed by atoms with Crippen LogP contribution in [-0.4, -0.2) is 25.3 Å². The molecule has 100 valence electrons. The zero-order valence-electron chi connectivity index (χ0n) is 11.5. The second-order valence-electron chi connectivity index (χ2n) is 4.80. The monoisotopic (exact) mass is 282 g/mol. The van der Waals surface area contributed by atoms with E-state index in [2.05, 4.69) is 46.1 Å². The number of benzene rings is 1. The lowest BCUT2D eigenvalue weighted by atomic mass is 10.2. The first-order valence-electron chi connectivity index (χ1n) is 6.43. The summed E-state index contributed by atoms with van der Waals surface area (Å²) >= 11 is 1.78. The molecule has 0 saturated carbocycles. The van der Waals surface area contributed by atoms with Crippen LogP contribution in [0, 0.1) is 0 Å². The van der Waals surface area contributed by atoms with Crippen molar-refractivity contribution in [1.82, 2.24) is 4.90 Å². The smallest absolute Gasteiger partial charge is 0.267 e. The molecule has 20 heavy (non-hydrogen) atoms. The van der Waals surface area contributed by atoms with Gasteiger partial charge in [-0.2, -0.15) is 4.40 Å². The second-order valence-corrected chi connectivity index (χ2v) is 5.86. The molecule has 0 fully saturated rings. The SMILES string of the molecule is CN(C)C=Nc1cccc(-c2c[n+]3ccccc3s2)c1. The molecular formula is C16H16N3S+. The van der Waals surface area contributed by atoms with Crippen LogP contribution in [-0.2, 0) is 0 Å². The zero-order valence-corrected chi connectivity index (χ0v) is 12.3. The van der Waals surface area contributed by atoms with E-state index in [1.165, 1.54) is 15.3 Å². The summed E-state index contributed by atoms with van der Waals surface area (Å²) in [6, 6.07) is 14.5. The lowest BCUT2D eigenvalue weighted by Gasteiger charge is -2.02. The van der Waals surface area contributed by atoms with E-state index in [0.717, 1.165) is 5.69 Å². The van der Waals surface area contributed by atoms with Crippen LogP contribution < -0.4 is 4.40 Å². The molecule has 4 heteroatoms. The Morgan fingerprint density at radius 3 is 2.85 bits per heavy atom. The molecular weight excluding hydrogens is 266 g/mol. The largest absolute Gasteiger partial charge is 0.369 e. The summed E-state index contributed by atoms with van der Waals surface area (Å²) in [7, 11) is 3.94. The molecule has 0 amide bonds. The Morgan fingerprint density at radius 2 is 2.05 bits per heavy atom. The standard InChI is InChI=1S/C16H16N3S/c1-18(2)12-17-14-7-5-6-13(10-14)15-11-19-9-4-3-8-16(19)20-15/h3-12H,1-2H3/q+1. The first-order chi connectivity index (χ1) is 9.72. The third kappa shape index (κ3) is 2.70. The van der Waals surface area contributed by atoms with Gasteiger partial charge in [0, 0.05) is 31.8 Å². The highest BCUT2D eigenvalue weighted by Gasteiger charge is 2.10. The average Bonchev–Trinajstić information content (AvgIpc) is 2.89. The van der Waals surface area contributed by atoms with Crippen molar-refractivity contribution in [3.8, 4) is 10.4 Å². The van der Waals surface area contributed by atoms with E-state index in [9.17, 15) is 0 Å². The molecule has 0 aliphatic heterocycles. The number of pyridine rings is 1. The fourth-order valence-corrected chi connectivity index (χ4v) is 2.96. The van der Waals surface area contributed by atoms with Crippen LogP contribution in [0.3, 0.4) is 0 Å². The van der Waals surface area contributed by atoms with Crippen molar-refractivity contribution in [3.05, 3.63) is 54.9 Å². The Hall–Kier alpha value is -2.20. The highest BCUT2D eigenvalue weighted by Crippen LogP contribution is 2.28. The van der Waals surface area contributed by atoms with Gasteiger partial charge < -0.3 is 4.90 Å². The van der Waals surface area contributed by atoms with E-state index >= 15 is 0 Å². The number of thiazole rings is 1. The topological polar surface area (TPSA) is 19.7 Å². The minimum atomic E-state index is 0.971. The zero-order chi connectivity index (χ0) is 13.9. The summed E-state index contributed by atoms with van der Waals surface area (Å²) in [6.45, 7) is 0. The van der Waals surface area contributed by atoms with Gasteiger partial charge in [-0.3, -0.25) is 0 Å². The van der Waals surface area contributed by atoms with Crippen molar-refractivity contribution < 1.29 is 4.40 Å². The normalized spacial score (nSPS) is 11.3. The Labute approximate surface area is 122 Å². The summed E-state index contributed by atoms with van der Waals surface area (Å²) in [6.07, 6.45) is 6.05. The maximum atomic E-state index is 4.44. The Morgan fingerprint density at radius 1 is 1.15 bits per heavy atom. The number of aliphatic imine (C=N–C) groups is 1. The molecule has 0 spiro atoms. The molecule has 0 bridgehead atoms. The van der Waals surface area contributed by atoms with Gasteiger partial charge in [0.1, 0.15) is 4.88 Å². The van der Waals surface area contributed by atoms with Crippen molar-refractivity contribution in [2.24, 2.45) is 4.99 Å². The molecule has 2 heterocycles. The van der Waals surface area contributed by atoms with Crippen molar-refractivity contribution in [2.75, 3.05) is 14.1 Å². The maximum absolute atomic E-state index is 4.44. The van der Waals surface area contributed by atoms with Crippen LogP contribution in [0.2, 0.25) is 0 Å². The number of fused-ring (bicyclic) bond motifs is 1. The molecule has 0 saturated heterocycles. The molecule has 3 nitrogen and oxygen atoms in total. The van der Waals surface area contributed by atoms with Crippen molar-refractivity contribution >= 4 is 28.2 Å². The van der Waals surface area contributed by atoms with E-state index in [-0.39, 0.29) is 0 Å². The van der Waals surface area contributed by atoms with E-state index in [0.29, 0.717) is 0 Å². The first-order valence-corrected chi connectivity index (χ1v) is 7.25. The van der Waals surface area contributed by atoms with Gasteiger partial charge in [0.05, 0.1) is 12.0 Å². The van der Waals surface area contributed by atoms with Gasteiger partial charge in [0.25, 0.3) is 4.83 Å². The van der Waals surface area contributed by atoms with Gasteiger partial charge in [-0.25, -0.2) is 4.99 Å². The third-order valence-electron chi connectivity index (χ3n) is 2.89. The summed E-state index contributed by atoms with van der Waals surface area (Å²) in [5.41, 5.74) is 2.17. The van der Waals surface area contributed by atoms with Crippen molar-refractivity contribution in [1.29, 1.82) is 0 Å². The predicted octanol–water partition coefficient (Wildman–Crippen LogP) is 3.38. The summed E-state index contributed by atoms with van der Waals surface area (Å²) in [5.74, 6) is 0. The van der Waals surface area contributed by atoms with Gasteiger partial charge in [-0.05, 0) is 18.2 Å². The third-order valence-corrected chi connectivity index (χ3v) is 4.01. The number of hydrogen-bond acceptors (Lipinski definition) is 2. The highest BCUT2D eigenvalue weighted by molar-refractivity contribution is 7.20. The molecule has 0 aliphatic rings. The van der Waals surface area contributed by atoms with Crippen LogP contribution in [0.25, 0.3) is 15.3 Å². The molecule has 0 radical (unpaired) electrons. The number of rotatable bonds is 3. The Bertz CT molecular complexity index is 726. The van der Waals surface area contributed by atoms with Gasteiger partial charge in [0.2, 0.25) is 0 Å². The van der Waals surface area contributed by atoms with Crippen LogP contribution in [0.5, 0.6) is 0 Å². The fourth-order valence-electron chi connectivity index (χ4n) is 1.95. The number of nitrogens with zero attached hydrogens (tertiary/aromatic N) is 3. The summed E-state index contributed by atoms with van der Waals surface area (Å²) < 4.78 is 2.15. The van der Waals surface area contributed by atoms with Gasteiger partial charge >= 0.3 is 0 Å². The predicted molar refractivity (Wildman–Crippen MR) is 84.8 cm³/mol. The van der Waals surface area contributed by atoms with Gasteiger partial charge in [-0.15, -0.1) is 0 Å². The molecule has 0 unspecified atom stereocenters. The molecule has 0 N–H and O–H groups in total. The molecule has 3 aromatic rings. The lowest BCUT2D eigenvalue weighted by Crippen LogP contribution is -2.15. The van der Waals surface area contributed by atoms with Crippen LogP contribution in [0.15, 0.2) is 59.9 Å². The second kappa shape index (κ2) is 5.43. The summed E-state index contributed by atoms with van der Waals surface area (Å²) in [4.78, 5) is 8.87. The first kappa shape index (κ1) is 12.8. The van der Waals surface area contributed by atoms with Crippen molar-refractivity contribution in [3.63, 3.8) is 0 Å². The molecule has 0 aliphatic carbocycles. The minimum absolute atomic E-state index is 0.971. The Kier molecular flexibility index (Phi) is 3.48. The van der Waals surface area contributed by atoms with E-state index in [1.807, 2.05) is 43.5 Å². The highest BCUT2D eigenvalue weighted by atomic mass is 32.1. The van der Waals surface area contributed by atoms with Gasteiger partial charge in [0.15, 0.2) is 12.4 Å². The maximum Gasteiger partial charge on any atom is 0.267 e. The van der Waals surface area contributed by atoms with E-state index in [1.54, 1.807) is 11.3 Å². The molecule has 3 rings (SSSR count). The number of hydrogen-bond donors (Lipinski definition) is 0. The minimum Gasteiger partial charge on any atom is -0.369 e. The summed E-state index contributed by atoms with van der Waals surface area (Å²) in [5, 5.41) is 0.